The Kier molecular flexibility index (Phi) is 5.20. The van der Waals surface area contributed by atoms with Gasteiger partial charge in [-0.25, -0.2) is 9.97 Å². The standard InChI is InChI=1S/C13H21ClN4/c1-11(9-18-5-3-2-4-6-18)7-16-13-12(14)8-15-10-17-13/h8,10-11H,2-7,9H2,1H3,(H,15,16,17). The van der Waals surface area contributed by atoms with Crippen molar-refractivity contribution < 1.29 is 0 Å². The Bertz CT molecular complexity index is 366. The van der Waals surface area contributed by atoms with Crippen molar-refractivity contribution in [1.29, 1.82) is 0 Å². The fourth-order valence-electron chi connectivity index (χ4n) is 2.36. The van der Waals surface area contributed by atoms with Gasteiger partial charge in [0.2, 0.25) is 0 Å². The molecule has 1 aromatic rings. The van der Waals surface area contributed by atoms with Gasteiger partial charge in [-0.15, -0.1) is 0 Å². The number of halogens is 1. The first-order valence-electron chi connectivity index (χ1n) is 6.67. The minimum atomic E-state index is 0.586. The van der Waals surface area contributed by atoms with Crippen LogP contribution in [-0.2, 0) is 0 Å². The molecule has 4 nitrogen and oxygen atoms in total. The summed E-state index contributed by atoms with van der Waals surface area (Å²) in [5.41, 5.74) is 0. The highest BCUT2D eigenvalue weighted by atomic mass is 35.5. The van der Waals surface area contributed by atoms with Crippen LogP contribution in [0.3, 0.4) is 0 Å². The summed E-state index contributed by atoms with van der Waals surface area (Å²) in [4.78, 5) is 10.6. The van der Waals surface area contributed by atoms with Crippen molar-refractivity contribution in [2.75, 3.05) is 31.5 Å². The number of hydrogen-bond acceptors (Lipinski definition) is 4. The topological polar surface area (TPSA) is 41.1 Å². The molecule has 1 saturated heterocycles. The van der Waals surface area contributed by atoms with E-state index in [1.54, 1.807) is 6.20 Å². The number of hydrogen-bond donors (Lipinski definition) is 1. The van der Waals surface area contributed by atoms with Crippen molar-refractivity contribution in [3.05, 3.63) is 17.5 Å². The van der Waals surface area contributed by atoms with Crippen molar-refractivity contribution in [2.45, 2.75) is 26.2 Å². The maximum absolute atomic E-state index is 6.00. The van der Waals surface area contributed by atoms with E-state index >= 15 is 0 Å². The first-order valence-corrected chi connectivity index (χ1v) is 7.05. The summed E-state index contributed by atoms with van der Waals surface area (Å²) in [7, 11) is 0. The molecule has 1 atom stereocenters. The molecule has 0 amide bonds. The third-order valence-electron chi connectivity index (χ3n) is 3.30. The predicted molar refractivity (Wildman–Crippen MR) is 75.0 cm³/mol. The predicted octanol–water partition coefficient (Wildman–Crippen LogP) is 2.66. The monoisotopic (exact) mass is 268 g/mol. The maximum Gasteiger partial charge on any atom is 0.148 e. The molecule has 100 valence electrons. The van der Waals surface area contributed by atoms with E-state index in [1.165, 1.54) is 38.7 Å². The summed E-state index contributed by atoms with van der Waals surface area (Å²) in [6, 6.07) is 0. The molecule has 5 heteroatoms. The first-order chi connectivity index (χ1) is 8.75. The van der Waals surface area contributed by atoms with Crippen LogP contribution in [0.4, 0.5) is 5.82 Å². The second-order valence-electron chi connectivity index (χ2n) is 5.07. The molecule has 0 bridgehead atoms. The summed E-state index contributed by atoms with van der Waals surface area (Å²) in [6.45, 7) is 6.80. The molecule has 0 aliphatic carbocycles. The van der Waals surface area contributed by atoms with Gasteiger partial charge < -0.3 is 10.2 Å². The van der Waals surface area contributed by atoms with Gasteiger partial charge >= 0.3 is 0 Å². The lowest BCUT2D eigenvalue weighted by Crippen LogP contribution is -2.35. The van der Waals surface area contributed by atoms with Crippen molar-refractivity contribution in [3.63, 3.8) is 0 Å². The van der Waals surface area contributed by atoms with Gasteiger partial charge in [-0.1, -0.05) is 24.9 Å². The zero-order chi connectivity index (χ0) is 12.8. The summed E-state index contributed by atoms with van der Waals surface area (Å²) in [5, 5.41) is 3.88. The molecule has 2 heterocycles. The van der Waals surface area contributed by atoms with Crippen LogP contribution in [-0.4, -0.2) is 41.0 Å². The third kappa shape index (κ3) is 4.10. The molecule has 1 aromatic heterocycles. The SMILES string of the molecule is CC(CNc1ncncc1Cl)CN1CCCCC1. The minimum Gasteiger partial charge on any atom is -0.368 e. The minimum absolute atomic E-state index is 0.586. The van der Waals surface area contributed by atoms with E-state index in [-0.39, 0.29) is 0 Å². The summed E-state index contributed by atoms with van der Waals surface area (Å²) < 4.78 is 0. The fourth-order valence-corrected chi connectivity index (χ4v) is 2.53. The molecule has 2 rings (SSSR count). The van der Waals surface area contributed by atoms with Gasteiger partial charge in [0.1, 0.15) is 17.2 Å². The van der Waals surface area contributed by atoms with Gasteiger partial charge in [-0.3, -0.25) is 0 Å². The molecule has 18 heavy (non-hydrogen) atoms. The molecule has 1 N–H and O–H groups in total. The van der Waals surface area contributed by atoms with Gasteiger partial charge in [0.25, 0.3) is 0 Å². The zero-order valence-electron chi connectivity index (χ0n) is 10.9. The molecule has 1 unspecified atom stereocenters. The van der Waals surface area contributed by atoms with Crippen LogP contribution in [0.15, 0.2) is 12.5 Å². The molecule has 0 saturated carbocycles. The highest BCUT2D eigenvalue weighted by Gasteiger charge is 2.13. The average molecular weight is 269 g/mol. The Morgan fingerprint density at radius 3 is 2.89 bits per heavy atom. The van der Waals surface area contributed by atoms with Crippen LogP contribution >= 0.6 is 11.6 Å². The maximum atomic E-state index is 6.00. The van der Waals surface area contributed by atoms with Crippen molar-refractivity contribution in [2.24, 2.45) is 5.92 Å². The smallest absolute Gasteiger partial charge is 0.148 e. The Morgan fingerprint density at radius 2 is 2.17 bits per heavy atom. The van der Waals surface area contributed by atoms with Crippen molar-refractivity contribution in [3.8, 4) is 0 Å². The number of aromatic nitrogens is 2. The fraction of sp³-hybridized carbons (Fsp3) is 0.692. The molecular formula is C13H21ClN4. The van der Waals surface area contributed by atoms with Gasteiger partial charge in [-0.05, 0) is 31.8 Å². The summed E-state index contributed by atoms with van der Waals surface area (Å²) in [5.74, 6) is 1.33. The van der Waals surface area contributed by atoms with E-state index in [9.17, 15) is 0 Å². The van der Waals surface area contributed by atoms with Crippen molar-refractivity contribution >= 4 is 17.4 Å². The number of piperidine rings is 1. The quantitative estimate of drug-likeness (QED) is 0.891. The van der Waals surface area contributed by atoms with E-state index in [2.05, 4.69) is 27.1 Å². The van der Waals surface area contributed by atoms with Crippen molar-refractivity contribution in [1.82, 2.24) is 14.9 Å². The summed E-state index contributed by atoms with van der Waals surface area (Å²) in [6.07, 6.45) is 7.21. The molecule has 1 fully saturated rings. The molecule has 0 radical (unpaired) electrons. The van der Waals surface area contributed by atoms with E-state index in [0.717, 1.165) is 18.9 Å². The van der Waals surface area contributed by atoms with Crippen LogP contribution in [0.5, 0.6) is 0 Å². The number of nitrogens with zero attached hydrogens (tertiary/aromatic N) is 3. The van der Waals surface area contributed by atoms with Crippen LogP contribution in [0, 0.1) is 5.92 Å². The number of nitrogens with one attached hydrogen (secondary N) is 1. The number of anilines is 1. The Balaban J connectivity index is 1.74. The van der Waals surface area contributed by atoms with E-state index in [0.29, 0.717) is 10.9 Å². The van der Waals surface area contributed by atoms with Crippen LogP contribution < -0.4 is 5.32 Å². The lowest BCUT2D eigenvalue weighted by atomic mass is 10.1. The molecular weight excluding hydrogens is 248 g/mol. The van der Waals surface area contributed by atoms with Gasteiger partial charge in [0.05, 0.1) is 6.20 Å². The van der Waals surface area contributed by atoms with E-state index in [1.807, 2.05) is 0 Å². The van der Waals surface area contributed by atoms with Crippen LogP contribution in [0.1, 0.15) is 26.2 Å². The van der Waals surface area contributed by atoms with Gasteiger partial charge in [0, 0.05) is 13.1 Å². The van der Waals surface area contributed by atoms with Gasteiger partial charge in [-0.2, -0.15) is 0 Å². The summed E-state index contributed by atoms with van der Waals surface area (Å²) >= 11 is 6.00. The number of rotatable bonds is 5. The molecule has 1 aliphatic heterocycles. The van der Waals surface area contributed by atoms with Gasteiger partial charge in [0.15, 0.2) is 0 Å². The second-order valence-corrected chi connectivity index (χ2v) is 5.47. The normalized spacial score (nSPS) is 18.6. The third-order valence-corrected chi connectivity index (χ3v) is 3.58. The largest absolute Gasteiger partial charge is 0.368 e. The lowest BCUT2D eigenvalue weighted by Gasteiger charge is -2.29. The van der Waals surface area contributed by atoms with E-state index in [4.69, 9.17) is 11.6 Å². The van der Waals surface area contributed by atoms with E-state index < -0.39 is 0 Å². The lowest BCUT2D eigenvalue weighted by molar-refractivity contribution is 0.204. The van der Waals surface area contributed by atoms with Crippen LogP contribution in [0.2, 0.25) is 5.02 Å². The average Bonchev–Trinajstić information content (AvgIpc) is 2.39. The number of likely N-dealkylation sites (tertiary alicyclic amines) is 1. The molecule has 0 aromatic carbocycles. The Labute approximate surface area is 114 Å². The van der Waals surface area contributed by atoms with Crippen LogP contribution in [0.25, 0.3) is 0 Å². The second kappa shape index (κ2) is 6.90. The first kappa shape index (κ1) is 13.6. The molecule has 1 aliphatic rings. The Morgan fingerprint density at radius 1 is 1.39 bits per heavy atom. The molecule has 0 spiro atoms. The zero-order valence-corrected chi connectivity index (χ0v) is 11.7. The Hall–Kier alpha value is -0.870. The highest BCUT2D eigenvalue weighted by Crippen LogP contribution is 2.17. The highest BCUT2D eigenvalue weighted by molar-refractivity contribution is 6.32.